The van der Waals surface area contributed by atoms with E-state index in [0.717, 1.165) is 5.69 Å². The van der Waals surface area contributed by atoms with Gasteiger partial charge < -0.3 is 4.57 Å². The second-order valence-corrected chi connectivity index (χ2v) is 2.26. The van der Waals surface area contributed by atoms with Crippen LogP contribution in [0.3, 0.4) is 0 Å². The Morgan fingerprint density at radius 1 is 0.909 bits per heavy atom. The van der Waals surface area contributed by atoms with Crippen molar-refractivity contribution in [2.45, 2.75) is 0 Å². The molecule has 2 aromatic rings. The molecule has 0 saturated carbocycles. The van der Waals surface area contributed by atoms with Gasteiger partial charge in [-0.25, -0.2) is 0 Å². The normalized spacial score (nSPS) is 9.82. The highest BCUT2D eigenvalue weighted by Crippen LogP contribution is 2.04. The summed E-state index contributed by atoms with van der Waals surface area (Å²) < 4.78 is 1.83. The highest BCUT2D eigenvalue weighted by Gasteiger charge is 1.90. The van der Waals surface area contributed by atoms with Crippen LogP contribution < -0.4 is 0 Å². The van der Waals surface area contributed by atoms with E-state index in [1.165, 1.54) is 0 Å². The van der Waals surface area contributed by atoms with Crippen LogP contribution in [0.15, 0.2) is 42.5 Å². The fraction of sp³-hybridized carbons (Fsp3) is 0. The highest BCUT2D eigenvalue weighted by molar-refractivity contribution is 5.30. The van der Waals surface area contributed by atoms with E-state index < -0.39 is 0 Å². The van der Waals surface area contributed by atoms with Crippen molar-refractivity contribution in [1.82, 2.24) is 4.57 Å². The van der Waals surface area contributed by atoms with Crippen molar-refractivity contribution in [1.29, 1.82) is 0 Å². The van der Waals surface area contributed by atoms with E-state index >= 15 is 0 Å². The van der Waals surface area contributed by atoms with Crippen molar-refractivity contribution >= 4 is 0 Å². The molecule has 0 amide bonds. The first kappa shape index (κ1) is 6.23. The fourth-order valence-corrected chi connectivity index (χ4v) is 0.987. The van der Waals surface area contributed by atoms with E-state index in [-0.39, 0.29) is 0 Å². The van der Waals surface area contributed by atoms with Gasteiger partial charge in [0.2, 0.25) is 0 Å². The quantitative estimate of drug-likeness (QED) is 0.573. The molecule has 1 nitrogen and oxygen atoms in total. The molecule has 52 valence electrons. The summed E-state index contributed by atoms with van der Waals surface area (Å²) in [7, 11) is 0. The molecule has 0 bridgehead atoms. The second kappa shape index (κ2) is 2.62. The number of benzene rings is 1. The van der Waals surface area contributed by atoms with E-state index in [4.69, 9.17) is 0 Å². The molecule has 0 atom stereocenters. The highest BCUT2D eigenvalue weighted by atomic mass is 14.9. The molecule has 0 aliphatic heterocycles. The molecule has 0 spiro atoms. The maximum atomic E-state index is 3.01. The average molecular weight is 141 g/mol. The molecule has 1 heterocycles. The van der Waals surface area contributed by atoms with E-state index in [1.807, 2.05) is 47.0 Å². The standard InChI is InChI=1S/C10H7N/c1-2-6-10(7-3-1)11-8-4-5-9-11/h1-7H. The van der Waals surface area contributed by atoms with Gasteiger partial charge in [0.05, 0.1) is 12.4 Å². The average Bonchev–Trinajstić information content (AvgIpc) is 2.58. The van der Waals surface area contributed by atoms with Gasteiger partial charge in [0, 0.05) is 5.69 Å². The Morgan fingerprint density at radius 3 is 2.18 bits per heavy atom. The minimum atomic E-state index is 1.09. The van der Waals surface area contributed by atoms with Gasteiger partial charge in [-0.05, 0) is 24.3 Å². The smallest absolute Gasteiger partial charge is 0.0704 e. The summed E-state index contributed by atoms with van der Waals surface area (Å²) in [5.41, 5.74) is 1.09. The first-order valence-corrected chi connectivity index (χ1v) is 3.49. The van der Waals surface area contributed by atoms with E-state index in [0.29, 0.717) is 0 Å². The van der Waals surface area contributed by atoms with Crippen LogP contribution >= 0.6 is 0 Å². The summed E-state index contributed by atoms with van der Waals surface area (Å²) in [4.78, 5) is 0. The molecule has 0 unspecified atom stereocenters. The molecule has 2 radical (unpaired) electrons. The molecule has 0 N–H and O–H groups in total. The van der Waals surface area contributed by atoms with Gasteiger partial charge in [0.25, 0.3) is 0 Å². The Kier molecular flexibility index (Phi) is 1.48. The number of hydrogen-bond donors (Lipinski definition) is 0. The summed E-state index contributed by atoms with van der Waals surface area (Å²) >= 11 is 0. The summed E-state index contributed by atoms with van der Waals surface area (Å²) in [5.74, 6) is 0. The van der Waals surface area contributed by atoms with Gasteiger partial charge in [0.1, 0.15) is 0 Å². The Balaban J connectivity index is 2.46. The third-order valence-corrected chi connectivity index (χ3v) is 1.50. The van der Waals surface area contributed by atoms with Gasteiger partial charge in [-0.15, -0.1) is 0 Å². The van der Waals surface area contributed by atoms with Gasteiger partial charge in [-0.3, -0.25) is 0 Å². The van der Waals surface area contributed by atoms with Crippen LogP contribution in [0.25, 0.3) is 5.69 Å². The van der Waals surface area contributed by atoms with E-state index in [1.54, 1.807) is 0 Å². The molecule has 11 heavy (non-hydrogen) atoms. The van der Waals surface area contributed by atoms with Crippen LogP contribution in [0.4, 0.5) is 0 Å². The van der Waals surface area contributed by atoms with Crippen molar-refractivity contribution in [3.63, 3.8) is 0 Å². The van der Waals surface area contributed by atoms with Crippen molar-refractivity contribution in [2.75, 3.05) is 0 Å². The van der Waals surface area contributed by atoms with Crippen LogP contribution in [0.5, 0.6) is 0 Å². The number of nitrogens with zero attached hydrogens (tertiary/aromatic N) is 1. The van der Waals surface area contributed by atoms with Crippen molar-refractivity contribution in [3.05, 3.63) is 54.9 Å². The lowest BCUT2D eigenvalue weighted by Crippen LogP contribution is -1.87. The van der Waals surface area contributed by atoms with Gasteiger partial charge in [-0.2, -0.15) is 0 Å². The van der Waals surface area contributed by atoms with Gasteiger partial charge >= 0.3 is 0 Å². The molecule has 0 fully saturated rings. The van der Waals surface area contributed by atoms with Gasteiger partial charge in [0.15, 0.2) is 0 Å². The minimum absolute atomic E-state index is 1.09. The maximum absolute atomic E-state index is 3.01. The summed E-state index contributed by atoms with van der Waals surface area (Å²) in [5, 5.41) is 0. The van der Waals surface area contributed by atoms with Crippen LogP contribution in [0.1, 0.15) is 0 Å². The lowest BCUT2D eigenvalue weighted by molar-refractivity contribution is 1.06. The van der Waals surface area contributed by atoms with E-state index in [2.05, 4.69) is 12.4 Å². The largest absolute Gasteiger partial charge is 0.306 e. The zero-order valence-corrected chi connectivity index (χ0v) is 5.99. The summed E-state index contributed by atoms with van der Waals surface area (Å²) in [6.45, 7) is 0. The van der Waals surface area contributed by atoms with Crippen LogP contribution in [-0.2, 0) is 0 Å². The summed E-state index contributed by atoms with van der Waals surface area (Å²) in [6, 6.07) is 13.7. The molecule has 0 aliphatic carbocycles. The zero-order valence-electron chi connectivity index (χ0n) is 5.99. The van der Waals surface area contributed by atoms with Crippen molar-refractivity contribution < 1.29 is 0 Å². The lowest BCUT2D eigenvalue weighted by Gasteiger charge is -1.98. The predicted octanol–water partition coefficient (Wildman–Crippen LogP) is 2.08. The van der Waals surface area contributed by atoms with Crippen LogP contribution in [0, 0.1) is 12.4 Å². The first-order chi connectivity index (χ1) is 5.47. The Labute approximate surface area is 65.9 Å². The van der Waals surface area contributed by atoms with E-state index in [9.17, 15) is 0 Å². The Bertz CT molecular complexity index is 308. The molecule has 1 aromatic carbocycles. The van der Waals surface area contributed by atoms with Gasteiger partial charge in [-0.1, -0.05) is 18.2 Å². The van der Waals surface area contributed by atoms with Crippen molar-refractivity contribution in [2.24, 2.45) is 0 Å². The molecular weight excluding hydrogens is 134 g/mol. The predicted molar refractivity (Wildman–Crippen MR) is 43.4 cm³/mol. The summed E-state index contributed by atoms with van der Waals surface area (Å²) in [6.07, 6.45) is 6.03. The number of para-hydroxylation sites is 1. The number of aromatic nitrogens is 1. The zero-order chi connectivity index (χ0) is 7.52. The lowest BCUT2D eigenvalue weighted by atomic mass is 10.3. The third-order valence-electron chi connectivity index (χ3n) is 1.50. The molecule has 0 aliphatic rings. The third kappa shape index (κ3) is 1.17. The van der Waals surface area contributed by atoms with Crippen LogP contribution in [0.2, 0.25) is 0 Å². The SMILES string of the molecule is [c]1cc[c]n1-c1ccccc1. The second-order valence-electron chi connectivity index (χ2n) is 2.26. The molecule has 2 rings (SSSR count). The Morgan fingerprint density at radius 2 is 1.55 bits per heavy atom. The number of hydrogen-bond acceptors (Lipinski definition) is 0. The number of rotatable bonds is 1. The molecular formula is C10H7N. The van der Waals surface area contributed by atoms with Crippen LogP contribution in [-0.4, -0.2) is 4.57 Å². The monoisotopic (exact) mass is 141 g/mol. The maximum Gasteiger partial charge on any atom is 0.0704 e. The topological polar surface area (TPSA) is 4.93 Å². The minimum Gasteiger partial charge on any atom is -0.306 e. The first-order valence-electron chi connectivity index (χ1n) is 3.49. The molecule has 0 saturated heterocycles. The fourth-order valence-electron chi connectivity index (χ4n) is 0.987. The Hall–Kier alpha value is -1.50. The molecule has 1 aromatic heterocycles. The van der Waals surface area contributed by atoms with Crippen molar-refractivity contribution in [3.8, 4) is 5.69 Å². The molecule has 1 heteroatoms.